The van der Waals surface area contributed by atoms with Gasteiger partial charge in [-0.3, -0.25) is 4.79 Å². The van der Waals surface area contributed by atoms with Gasteiger partial charge in [0.2, 0.25) is 0 Å². The van der Waals surface area contributed by atoms with Crippen LogP contribution in [0.2, 0.25) is 0 Å². The van der Waals surface area contributed by atoms with Crippen molar-refractivity contribution in [3.63, 3.8) is 0 Å². The summed E-state index contributed by atoms with van der Waals surface area (Å²) in [6.07, 6.45) is 9.04. The van der Waals surface area contributed by atoms with Crippen LogP contribution in [0.5, 0.6) is 0 Å². The largest absolute Gasteiger partial charge is 0.363 e. The third-order valence-electron chi connectivity index (χ3n) is 8.39. The van der Waals surface area contributed by atoms with Crippen LogP contribution >= 0.6 is 0 Å². The molecule has 95 heavy (non-hydrogen) atoms. The van der Waals surface area contributed by atoms with Crippen LogP contribution in [0, 0.1) is 72.9 Å². The summed E-state index contributed by atoms with van der Waals surface area (Å²) < 4.78 is 0. The Balaban J connectivity index is -0.0000000173. The molecule has 0 bridgehead atoms. The molecular formula is C72H113N3OWY18-10. The average molecular weight is 2820 g/mol. The maximum absolute atomic E-state index is 10.0. The monoisotopic (exact) mass is 2820 g/mol. The molecule has 3 fully saturated rings. The van der Waals surface area contributed by atoms with E-state index in [0.29, 0.717) is 0 Å². The molecule has 3 heterocycles. The van der Waals surface area contributed by atoms with Crippen LogP contribution in [-0.2, 0) is 610 Å². The first-order valence-corrected chi connectivity index (χ1v) is 24.1. The van der Waals surface area contributed by atoms with E-state index < -0.39 is 0 Å². The molecule has 0 aromatic heterocycles. The molecule has 3 aliphatic rings. The Morgan fingerprint density at radius 1 is 0.347 bits per heavy atom. The Labute approximate surface area is 1060 Å². The van der Waals surface area contributed by atoms with Crippen molar-refractivity contribution >= 4 is 24.1 Å². The maximum atomic E-state index is 10.0. The molecule has 3 saturated heterocycles. The van der Waals surface area contributed by atoms with Gasteiger partial charge < -0.3 is 82.4 Å². The van der Waals surface area contributed by atoms with Crippen LogP contribution < -0.4 is 15.5 Å². The van der Waals surface area contributed by atoms with Crippen molar-refractivity contribution in [2.75, 3.05) is 4.90 Å². The summed E-state index contributed by atoms with van der Waals surface area (Å²) in [5, 5.41) is 6.16. The first kappa shape index (κ1) is 209. The molecule has 5 aromatic rings. The third kappa shape index (κ3) is 114. The molecule has 2 N–H and O–H groups in total. The number of nitrogens with zero attached hydrogens (tertiary/aromatic N) is 1. The second kappa shape index (κ2) is 159. The van der Waals surface area contributed by atoms with E-state index in [2.05, 4.69) is 110 Å². The standard InChI is InChI=1S/C19H17N.C13H13N.C7H6O.C6H9N.C6H5.6C2H6.9CH3.W.18Y/c1-15-13-18(14-17-9-5-3-6-10-17)16(2)20(15)19-11-7-4-8-12-19;1-10-8-13(11(2)14-10)9-12-6-4-3-5-7-12;8-6-7-4-2-1-3-5-7;1-5-3-4-6(2)7-5;1-2-4-6-5-3-1;6*1-2;;;;;;;;;;;;;;;;;;;;;;;;;;;;/h3-12,14H,1-2,13H2;3-7,9,14H,1-2,8H2;1-6H;7H,1-4H2;1-5H;6*1-2H3;9*1H3;;;;;;;;;;;;;;;;;;;/q;;;;-1;;;;;;;9*-1;;;;;;;;;;;;;;;;;;;. The number of para-hydroxylation sites is 1. The summed E-state index contributed by atoms with van der Waals surface area (Å²) in [5.74, 6) is 0. The molecule has 8 rings (SSSR count). The van der Waals surface area contributed by atoms with E-state index >= 15 is 0 Å². The first-order valence-electron chi connectivity index (χ1n) is 24.1. The van der Waals surface area contributed by atoms with Gasteiger partial charge in [-0.25, -0.2) is 0 Å². The van der Waals surface area contributed by atoms with E-state index in [1.807, 2.05) is 186 Å². The number of benzene rings is 5. The predicted octanol–water partition coefficient (Wildman–Crippen LogP) is 22.6. The fourth-order valence-electron chi connectivity index (χ4n) is 5.65. The Morgan fingerprint density at radius 3 is 0.821 bits per heavy atom. The van der Waals surface area contributed by atoms with Crippen LogP contribution in [0.15, 0.2) is 236 Å². The molecule has 23 heteroatoms. The van der Waals surface area contributed by atoms with Gasteiger partial charge in [-0.2, -0.15) is 36.4 Å². The Morgan fingerprint density at radius 2 is 0.611 bits per heavy atom. The van der Waals surface area contributed by atoms with Crippen molar-refractivity contribution < 1.29 is 615 Å². The number of carbonyl (C=O) groups is 1. The minimum absolute atomic E-state index is 0. The SMILES string of the molecule is C=C1CC(=Cc2ccccc2)C(=C)N1.C=C1CC(=Cc2ccccc2)C(=C)N1c1ccccc1.C=C1CCC(=C)N1.CC.CC.CC.CC.CC.CC.O=Cc1ccccc1.[CH3-].[CH3-].[CH3-].[CH3-].[CH3-].[CH3-].[CH3-].[CH3-].[CH3-].[W].[Y].[Y].[Y].[Y].[Y].[Y].[Y].[Y].[Y].[Y].[Y].[Y].[Y].[Y].[Y].[Y].[Y].[Y].[c-]1ccccc1. The molecule has 5 aromatic carbocycles. The van der Waals surface area contributed by atoms with Crippen molar-refractivity contribution in [2.45, 2.75) is 109 Å². The summed E-state index contributed by atoms with van der Waals surface area (Å²) in [7, 11) is 0. The molecule has 0 saturated carbocycles. The number of allylic oxidation sites excluding steroid dienone is 6. The number of anilines is 1. The van der Waals surface area contributed by atoms with Crippen molar-refractivity contribution in [1.29, 1.82) is 0 Å². The predicted molar refractivity (Wildman–Crippen MR) is 360 cm³/mol. The number of nitrogens with one attached hydrogen (secondary N) is 2. The second-order valence-corrected chi connectivity index (χ2v) is 12.8. The van der Waals surface area contributed by atoms with Crippen LogP contribution in [0.3, 0.4) is 0 Å². The number of aldehydes is 1. The number of hydrogen-bond donors (Lipinski definition) is 2. The van der Waals surface area contributed by atoms with Gasteiger partial charge in [0, 0.05) is 668 Å². The van der Waals surface area contributed by atoms with Gasteiger partial charge >= 0.3 is 0 Å². The van der Waals surface area contributed by atoms with Gasteiger partial charge in [-0.1, -0.05) is 232 Å². The smallest absolute Gasteiger partial charge is 0.150 e. The van der Waals surface area contributed by atoms with E-state index in [1.165, 1.54) is 22.3 Å². The van der Waals surface area contributed by atoms with Crippen molar-refractivity contribution in [2.24, 2.45) is 0 Å². The van der Waals surface area contributed by atoms with Crippen LogP contribution in [0.25, 0.3) is 12.2 Å². The van der Waals surface area contributed by atoms with Gasteiger partial charge in [-0.15, -0.1) is 0 Å². The van der Waals surface area contributed by atoms with E-state index in [0.717, 1.165) is 77.4 Å². The molecule has 0 aliphatic carbocycles. The Hall–Kier alpha value is 13.6. The van der Waals surface area contributed by atoms with E-state index in [-0.39, 0.29) is 677 Å². The molecule has 0 unspecified atom stereocenters. The fourth-order valence-corrected chi connectivity index (χ4v) is 5.65. The number of carbonyl (C=O) groups excluding carboxylic acids is 1. The normalized spacial score (nSPS) is 9.41. The molecule has 3 aliphatic heterocycles. The zero-order chi connectivity index (χ0) is 51.3. The van der Waals surface area contributed by atoms with Gasteiger partial charge in [-0.05, 0) is 59.4 Å². The van der Waals surface area contributed by atoms with Crippen LogP contribution in [0.1, 0.15) is 130 Å². The van der Waals surface area contributed by atoms with Gasteiger partial charge in [0.15, 0.2) is 0 Å². The number of rotatable bonds is 4. The molecule has 18 radical (unpaired) electrons. The third-order valence-corrected chi connectivity index (χ3v) is 8.39. The topological polar surface area (TPSA) is 44.4 Å². The zero-order valence-electron chi connectivity index (χ0n) is 63.4. The van der Waals surface area contributed by atoms with Crippen LogP contribution in [-0.4, -0.2) is 6.29 Å². The zero-order valence-corrected chi connectivity index (χ0v) is 117. The Bertz CT molecular complexity index is 2130. The quantitative estimate of drug-likeness (QED) is 0.139. The van der Waals surface area contributed by atoms with Crippen molar-refractivity contribution in [1.82, 2.24) is 10.6 Å². The molecular weight excluding hydrogens is 2710 g/mol. The molecule has 492 valence electrons. The molecule has 0 amide bonds. The minimum atomic E-state index is 0. The summed E-state index contributed by atoms with van der Waals surface area (Å²) in [5.41, 5.74) is 13.0. The molecule has 4 nitrogen and oxygen atoms in total. The summed E-state index contributed by atoms with van der Waals surface area (Å²) >= 11 is 0. The van der Waals surface area contributed by atoms with Crippen LogP contribution in [0.4, 0.5) is 5.69 Å². The maximum Gasteiger partial charge on any atom is 0.150 e. The summed E-state index contributed by atoms with van der Waals surface area (Å²) in [6.45, 7) is 47.7. The van der Waals surface area contributed by atoms with Gasteiger partial charge in [0.25, 0.3) is 0 Å². The fraction of sp³-hybridized carbons (Fsp3) is 0.222. The van der Waals surface area contributed by atoms with E-state index in [4.69, 9.17) is 0 Å². The second-order valence-electron chi connectivity index (χ2n) is 12.8. The van der Waals surface area contributed by atoms with Crippen molar-refractivity contribution in [3.05, 3.63) is 326 Å². The van der Waals surface area contributed by atoms with E-state index in [9.17, 15) is 4.79 Å². The summed E-state index contributed by atoms with van der Waals surface area (Å²) in [6, 6.07) is 52.5. The van der Waals surface area contributed by atoms with E-state index in [1.54, 1.807) is 12.1 Å². The Kier molecular flexibility index (Phi) is 350. The molecule has 0 spiro atoms. The van der Waals surface area contributed by atoms with Gasteiger partial charge in [0.1, 0.15) is 6.29 Å². The van der Waals surface area contributed by atoms with Gasteiger partial charge in [0.05, 0.1) is 0 Å². The molecule has 0 atom stereocenters. The first-order chi connectivity index (χ1) is 32.7. The van der Waals surface area contributed by atoms with Crippen molar-refractivity contribution in [3.8, 4) is 0 Å². The number of hydrogen-bond acceptors (Lipinski definition) is 4. The average Bonchev–Trinajstić information content (AvgIpc) is 4.06. The summed E-state index contributed by atoms with van der Waals surface area (Å²) in [4.78, 5) is 12.1. The minimum Gasteiger partial charge on any atom is -0.363 e.